The fourth-order valence-corrected chi connectivity index (χ4v) is 5.08. The maximum atomic E-state index is 13.9. The third-order valence-electron chi connectivity index (χ3n) is 5.09. The zero-order chi connectivity index (χ0) is 21.5. The Morgan fingerprint density at radius 1 is 1.16 bits per heavy atom. The van der Waals surface area contributed by atoms with Crippen LogP contribution in [-0.2, 0) is 6.54 Å². The summed E-state index contributed by atoms with van der Waals surface area (Å²) < 4.78 is 2.77. The van der Waals surface area contributed by atoms with Crippen molar-refractivity contribution in [3.63, 3.8) is 0 Å². The Kier molecular flexibility index (Phi) is 4.92. The number of halogens is 1. The molecule has 31 heavy (non-hydrogen) atoms. The lowest BCUT2D eigenvalue weighted by atomic mass is 10.2. The van der Waals surface area contributed by atoms with E-state index in [4.69, 9.17) is 16.6 Å². The van der Waals surface area contributed by atoms with E-state index in [0.717, 1.165) is 27.0 Å². The highest BCUT2D eigenvalue weighted by Gasteiger charge is 2.27. The normalized spacial score (nSPS) is 11.3. The minimum Gasteiger partial charge on any atom is -0.295 e. The summed E-state index contributed by atoms with van der Waals surface area (Å²) in [6.07, 6.45) is 5.33. The molecule has 1 aromatic carbocycles. The minimum atomic E-state index is -0.164. The van der Waals surface area contributed by atoms with Crippen molar-refractivity contribution >= 4 is 49.8 Å². The molecule has 0 saturated heterocycles. The van der Waals surface area contributed by atoms with E-state index in [0.29, 0.717) is 28.1 Å². The van der Waals surface area contributed by atoms with Crippen molar-refractivity contribution in [2.24, 2.45) is 0 Å². The van der Waals surface area contributed by atoms with Gasteiger partial charge in [0.1, 0.15) is 11.3 Å². The van der Waals surface area contributed by atoms with Crippen LogP contribution in [-0.4, -0.2) is 25.3 Å². The molecule has 154 valence electrons. The number of aromatic nitrogens is 4. The SMILES string of the molecule is Cc1nc2ccccn2c1C(=O)N(Cc1cccnc1)c1nc2c(C)cc(Cl)cc2s1. The van der Waals surface area contributed by atoms with Crippen LogP contribution >= 0.6 is 22.9 Å². The van der Waals surface area contributed by atoms with Gasteiger partial charge in [-0.3, -0.25) is 19.1 Å². The summed E-state index contributed by atoms with van der Waals surface area (Å²) in [4.78, 5) is 29.1. The summed E-state index contributed by atoms with van der Waals surface area (Å²) in [6, 6.07) is 13.3. The number of imidazole rings is 1. The van der Waals surface area contributed by atoms with Gasteiger partial charge in [0.15, 0.2) is 5.13 Å². The molecule has 5 rings (SSSR count). The Morgan fingerprint density at radius 3 is 2.84 bits per heavy atom. The quantitative estimate of drug-likeness (QED) is 0.367. The molecule has 0 aliphatic carbocycles. The highest BCUT2D eigenvalue weighted by Crippen LogP contribution is 2.34. The van der Waals surface area contributed by atoms with Gasteiger partial charge in [-0.05, 0) is 55.3 Å². The maximum absolute atomic E-state index is 13.9. The number of carbonyl (C=O) groups is 1. The molecule has 1 amide bonds. The monoisotopic (exact) mass is 447 g/mol. The smallest absolute Gasteiger partial charge is 0.279 e. The summed E-state index contributed by atoms with van der Waals surface area (Å²) in [5, 5.41) is 1.27. The lowest BCUT2D eigenvalue weighted by Crippen LogP contribution is -2.31. The van der Waals surface area contributed by atoms with E-state index in [9.17, 15) is 4.79 Å². The lowest BCUT2D eigenvalue weighted by molar-refractivity contribution is 0.0979. The maximum Gasteiger partial charge on any atom is 0.279 e. The number of benzene rings is 1. The molecule has 0 unspecified atom stereocenters. The van der Waals surface area contributed by atoms with Crippen LogP contribution in [0.25, 0.3) is 15.9 Å². The Balaban J connectivity index is 1.66. The van der Waals surface area contributed by atoms with Crippen LogP contribution < -0.4 is 4.90 Å². The van der Waals surface area contributed by atoms with Gasteiger partial charge < -0.3 is 0 Å². The third kappa shape index (κ3) is 3.56. The predicted molar refractivity (Wildman–Crippen MR) is 124 cm³/mol. The first-order chi connectivity index (χ1) is 15.0. The fraction of sp³-hybridized carbons (Fsp3) is 0.130. The number of carbonyl (C=O) groups excluding carboxylic acids is 1. The number of aryl methyl sites for hydroxylation is 2. The van der Waals surface area contributed by atoms with Crippen LogP contribution in [0.2, 0.25) is 5.02 Å². The van der Waals surface area contributed by atoms with Crippen molar-refractivity contribution in [1.29, 1.82) is 0 Å². The highest BCUT2D eigenvalue weighted by molar-refractivity contribution is 7.22. The summed E-state index contributed by atoms with van der Waals surface area (Å²) in [7, 11) is 0. The van der Waals surface area contributed by atoms with Crippen LogP contribution in [0.4, 0.5) is 5.13 Å². The number of hydrogen-bond donors (Lipinski definition) is 0. The molecule has 0 N–H and O–H groups in total. The molecule has 4 aromatic heterocycles. The van der Waals surface area contributed by atoms with Gasteiger partial charge in [0.05, 0.1) is 22.5 Å². The first-order valence-electron chi connectivity index (χ1n) is 9.72. The molecular formula is C23H18ClN5OS. The molecule has 0 aliphatic rings. The van der Waals surface area contributed by atoms with Crippen LogP contribution in [0.1, 0.15) is 27.3 Å². The van der Waals surface area contributed by atoms with Gasteiger partial charge in [-0.25, -0.2) is 9.97 Å². The Morgan fingerprint density at radius 2 is 2.03 bits per heavy atom. The molecule has 0 atom stereocenters. The second-order valence-electron chi connectivity index (χ2n) is 7.29. The van der Waals surface area contributed by atoms with Gasteiger partial charge in [-0.2, -0.15) is 0 Å². The summed E-state index contributed by atoms with van der Waals surface area (Å²) in [5.74, 6) is -0.164. The van der Waals surface area contributed by atoms with E-state index in [2.05, 4.69) is 9.97 Å². The number of anilines is 1. The zero-order valence-electron chi connectivity index (χ0n) is 16.9. The Bertz CT molecular complexity index is 1430. The number of pyridine rings is 2. The van der Waals surface area contributed by atoms with Crippen molar-refractivity contribution < 1.29 is 4.79 Å². The Hall–Kier alpha value is -3.29. The predicted octanol–water partition coefficient (Wildman–Crippen LogP) is 5.46. The molecule has 4 heterocycles. The first-order valence-corrected chi connectivity index (χ1v) is 10.9. The molecule has 6 nitrogen and oxygen atoms in total. The average molecular weight is 448 g/mol. The lowest BCUT2D eigenvalue weighted by Gasteiger charge is -2.20. The molecule has 5 aromatic rings. The molecule has 0 spiro atoms. The van der Waals surface area contributed by atoms with Gasteiger partial charge >= 0.3 is 0 Å². The van der Waals surface area contributed by atoms with Gasteiger partial charge in [-0.15, -0.1) is 0 Å². The molecule has 0 radical (unpaired) electrons. The zero-order valence-corrected chi connectivity index (χ0v) is 18.5. The van der Waals surface area contributed by atoms with E-state index in [1.807, 2.05) is 66.9 Å². The van der Waals surface area contributed by atoms with Crippen molar-refractivity contribution in [2.75, 3.05) is 4.90 Å². The van der Waals surface area contributed by atoms with Crippen molar-refractivity contribution in [3.05, 3.63) is 88.6 Å². The highest BCUT2D eigenvalue weighted by atomic mass is 35.5. The van der Waals surface area contributed by atoms with E-state index in [1.165, 1.54) is 11.3 Å². The second kappa shape index (κ2) is 7.76. The fourth-order valence-electron chi connectivity index (χ4n) is 3.66. The number of amides is 1. The standard InChI is InChI=1S/C23H18ClN5OS/c1-14-10-17(24)11-18-20(14)27-23(31-18)29(13-16-6-5-8-25-12-16)22(30)21-15(2)26-19-7-3-4-9-28(19)21/h3-12H,13H2,1-2H3. The Labute approximate surface area is 187 Å². The molecule has 8 heteroatoms. The van der Waals surface area contributed by atoms with Gasteiger partial charge in [0.25, 0.3) is 5.91 Å². The molecule has 0 saturated carbocycles. The second-order valence-corrected chi connectivity index (χ2v) is 8.74. The molecule has 0 bridgehead atoms. The van der Waals surface area contributed by atoms with Crippen LogP contribution in [0.3, 0.4) is 0 Å². The molecular weight excluding hydrogens is 430 g/mol. The van der Waals surface area contributed by atoms with E-state index in [-0.39, 0.29) is 5.91 Å². The number of hydrogen-bond acceptors (Lipinski definition) is 5. The van der Waals surface area contributed by atoms with Crippen LogP contribution in [0.5, 0.6) is 0 Å². The van der Waals surface area contributed by atoms with E-state index in [1.54, 1.807) is 17.3 Å². The van der Waals surface area contributed by atoms with Crippen LogP contribution in [0, 0.1) is 13.8 Å². The largest absolute Gasteiger partial charge is 0.295 e. The summed E-state index contributed by atoms with van der Waals surface area (Å²) in [5.41, 5.74) is 4.67. The van der Waals surface area contributed by atoms with Gasteiger partial charge in [0, 0.05) is 23.6 Å². The van der Waals surface area contributed by atoms with E-state index < -0.39 is 0 Å². The topological polar surface area (TPSA) is 63.4 Å². The first kappa shape index (κ1) is 19.7. The minimum absolute atomic E-state index is 0.164. The number of rotatable bonds is 4. The average Bonchev–Trinajstić information content (AvgIpc) is 3.32. The molecule has 0 fully saturated rings. The van der Waals surface area contributed by atoms with Crippen molar-refractivity contribution in [1.82, 2.24) is 19.4 Å². The number of nitrogens with zero attached hydrogens (tertiary/aromatic N) is 5. The van der Waals surface area contributed by atoms with E-state index >= 15 is 0 Å². The van der Waals surface area contributed by atoms with Gasteiger partial charge in [0.2, 0.25) is 0 Å². The van der Waals surface area contributed by atoms with Gasteiger partial charge in [-0.1, -0.05) is 35.1 Å². The summed E-state index contributed by atoms with van der Waals surface area (Å²) in [6.45, 7) is 4.17. The number of thiazole rings is 1. The molecule has 0 aliphatic heterocycles. The van der Waals surface area contributed by atoms with Crippen molar-refractivity contribution in [3.8, 4) is 0 Å². The third-order valence-corrected chi connectivity index (χ3v) is 6.33. The van der Waals surface area contributed by atoms with Crippen LogP contribution in [0.15, 0.2) is 61.1 Å². The number of fused-ring (bicyclic) bond motifs is 2. The summed E-state index contributed by atoms with van der Waals surface area (Å²) >= 11 is 7.70. The van der Waals surface area contributed by atoms with Crippen molar-refractivity contribution in [2.45, 2.75) is 20.4 Å².